The maximum atomic E-state index is 12.2. The lowest BCUT2D eigenvalue weighted by Gasteiger charge is -2.28. The summed E-state index contributed by atoms with van der Waals surface area (Å²) in [6.45, 7) is 1.71. The van der Waals surface area contributed by atoms with Gasteiger partial charge in [0.15, 0.2) is 0 Å². The van der Waals surface area contributed by atoms with Crippen molar-refractivity contribution in [3.63, 3.8) is 0 Å². The van der Waals surface area contributed by atoms with Crippen LogP contribution in [0.15, 0.2) is 22.7 Å². The van der Waals surface area contributed by atoms with Crippen molar-refractivity contribution in [1.82, 2.24) is 5.32 Å². The van der Waals surface area contributed by atoms with Crippen LogP contribution in [0.1, 0.15) is 23.7 Å². The minimum atomic E-state index is -1.01. The highest BCUT2D eigenvalue weighted by molar-refractivity contribution is 9.10. The van der Waals surface area contributed by atoms with Gasteiger partial charge in [-0.2, -0.15) is 0 Å². The third kappa shape index (κ3) is 4.77. The average molecular weight is 365 g/mol. The van der Waals surface area contributed by atoms with Crippen LogP contribution in [0, 0.1) is 0 Å². The zero-order valence-electron chi connectivity index (χ0n) is 11.1. The Kier molecular flexibility index (Phi) is 5.98. The molecule has 0 saturated carbocycles. The molecule has 0 heterocycles. The fourth-order valence-corrected chi connectivity index (χ4v) is 2.66. The number of hydrogen-bond acceptors (Lipinski definition) is 3. The molecule has 0 saturated heterocycles. The summed E-state index contributed by atoms with van der Waals surface area (Å²) in [5.74, 6) is -1.41. The third-order valence-electron chi connectivity index (χ3n) is 2.60. The van der Waals surface area contributed by atoms with Gasteiger partial charge in [-0.05, 0) is 41.1 Å². The van der Waals surface area contributed by atoms with Crippen LogP contribution in [0.25, 0.3) is 0 Å². The summed E-state index contributed by atoms with van der Waals surface area (Å²) in [7, 11) is 1.45. The number of carboxylic acids is 1. The quantitative estimate of drug-likeness (QED) is 0.814. The van der Waals surface area contributed by atoms with Crippen LogP contribution in [0.5, 0.6) is 0 Å². The molecule has 0 fully saturated rings. The van der Waals surface area contributed by atoms with Crippen molar-refractivity contribution in [2.24, 2.45) is 0 Å². The summed E-state index contributed by atoms with van der Waals surface area (Å²) >= 11 is 9.07. The average Bonchev–Trinajstić information content (AvgIpc) is 2.26. The fraction of sp³-hybridized carbons (Fsp3) is 0.385. The maximum absolute atomic E-state index is 12.2. The third-order valence-corrected chi connectivity index (χ3v) is 3.49. The highest BCUT2D eigenvalue weighted by atomic mass is 79.9. The van der Waals surface area contributed by atoms with Gasteiger partial charge in [0.05, 0.1) is 24.1 Å². The normalized spacial score (nSPS) is 13.6. The molecule has 1 rings (SSSR count). The van der Waals surface area contributed by atoms with Crippen LogP contribution in [-0.2, 0) is 9.53 Å². The van der Waals surface area contributed by atoms with Gasteiger partial charge >= 0.3 is 5.97 Å². The molecule has 0 aliphatic carbocycles. The number of carbonyl (C=O) groups excluding carboxylic acids is 1. The highest BCUT2D eigenvalue weighted by Crippen LogP contribution is 2.22. The first-order valence-corrected chi connectivity index (χ1v) is 6.93. The highest BCUT2D eigenvalue weighted by Gasteiger charge is 2.30. The van der Waals surface area contributed by atoms with E-state index >= 15 is 0 Å². The number of rotatable bonds is 6. The molecule has 1 aromatic rings. The first kappa shape index (κ1) is 16.9. The van der Waals surface area contributed by atoms with E-state index < -0.39 is 17.4 Å². The maximum Gasteiger partial charge on any atom is 0.305 e. The second kappa shape index (κ2) is 7.06. The number of methoxy groups -OCH3 is 1. The van der Waals surface area contributed by atoms with E-state index in [0.29, 0.717) is 15.1 Å². The minimum Gasteiger partial charge on any atom is -0.481 e. The molecule has 1 atom stereocenters. The number of halogens is 2. The molecular formula is C13H15BrClNO4. The van der Waals surface area contributed by atoms with E-state index in [-0.39, 0.29) is 13.0 Å². The number of ether oxygens (including phenoxy) is 1. The molecule has 0 radical (unpaired) electrons. The van der Waals surface area contributed by atoms with Gasteiger partial charge in [0, 0.05) is 16.6 Å². The monoisotopic (exact) mass is 363 g/mol. The molecule has 0 spiro atoms. The molecule has 0 aromatic heterocycles. The van der Waals surface area contributed by atoms with E-state index in [1.54, 1.807) is 25.1 Å². The Hall–Kier alpha value is -1.11. The van der Waals surface area contributed by atoms with Crippen molar-refractivity contribution < 1.29 is 19.4 Å². The Morgan fingerprint density at radius 3 is 2.65 bits per heavy atom. The zero-order chi connectivity index (χ0) is 15.3. The lowest BCUT2D eigenvalue weighted by molar-refractivity contribution is -0.139. The standard InChI is InChI=1S/C13H15BrClNO4/c1-13(7-20-2,6-11(17)18)16-12(19)9-4-3-8(15)5-10(9)14/h3-5H,6-7H2,1-2H3,(H,16,19)(H,17,18). The lowest BCUT2D eigenvalue weighted by atomic mass is 9.98. The van der Waals surface area contributed by atoms with Gasteiger partial charge in [-0.3, -0.25) is 9.59 Å². The van der Waals surface area contributed by atoms with Crippen LogP contribution >= 0.6 is 27.5 Å². The number of carboxylic acid groups (broad SMARTS) is 1. The molecule has 7 heteroatoms. The number of amides is 1. The first-order chi connectivity index (χ1) is 9.27. The molecule has 2 N–H and O–H groups in total. The summed E-state index contributed by atoms with van der Waals surface area (Å²) in [6.07, 6.45) is -0.238. The van der Waals surface area contributed by atoms with Crippen molar-refractivity contribution in [3.8, 4) is 0 Å². The molecule has 1 amide bonds. The smallest absolute Gasteiger partial charge is 0.305 e. The van der Waals surface area contributed by atoms with Crippen LogP contribution in [0.2, 0.25) is 5.02 Å². The van der Waals surface area contributed by atoms with Crippen molar-refractivity contribution in [2.75, 3.05) is 13.7 Å². The number of nitrogens with one attached hydrogen (secondary N) is 1. The van der Waals surface area contributed by atoms with Gasteiger partial charge in [0.25, 0.3) is 5.91 Å². The van der Waals surface area contributed by atoms with Gasteiger partial charge in [-0.15, -0.1) is 0 Å². The second-order valence-electron chi connectivity index (χ2n) is 4.64. The van der Waals surface area contributed by atoms with Crippen LogP contribution in [0.3, 0.4) is 0 Å². The lowest BCUT2D eigenvalue weighted by Crippen LogP contribution is -2.50. The van der Waals surface area contributed by atoms with Crippen molar-refractivity contribution in [2.45, 2.75) is 18.9 Å². The number of carbonyl (C=O) groups is 2. The molecule has 110 valence electrons. The van der Waals surface area contributed by atoms with Gasteiger partial charge < -0.3 is 15.2 Å². The first-order valence-electron chi connectivity index (χ1n) is 5.76. The number of aliphatic carboxylic acids is 1. The molecule has 0 aliphatic rings. The second-order valence-corrected chi connectivity index (χ2v) is 5.93. The largest absolute Gasteiger partial charge is 0.481 e. The summed E-state index contributed by atoms with van der Waals surface area (Å²) in [5.41, 5.74) is -0.612. The Morgan fingerprint density at radius 1 is 1.50 bits per heavy atom. The van der Waals surface area contributed by atoms with E-state index in [4.69, 9.17) is 21.4 Å². The van der Waals surface area contributed by atoms with E-state index in [1.165, 1.54) is 7.11 Å². The van der Waals surface area contributed by atoms with Gasteiger partial charge in [0.2, 0.25) is 0 Å². The van der Waals surface area contributed by atoms with E-state index in [2.05, 4.69) is 21.2 Å². The fourth-order valence-electron chi connectivity index (χ4n) is 1.80. The van der Waals surface area contributed by atoms with E-state index in [0.717, 1.165) is 0 Å². The molecule has 5 nitrogen and oxygen atoms in total. The Morgan fingerprint density at radius 2 is 2.15 bits per heavy atom. The predicted molar refractivity (Wildman–Crippen MR) is 79.2 cm³/mol. The van der Waals surface area contributed by atoms with Gasteiger partial charge in [-0.1, -0.05) is 11.6 Å². The molecule has 20 heavy (non-hydrogen) atoms. The predicted octanol–water partition coefficient (Wildman–Crippen LogP) is 2.71. The van der Waals surface area contributed by atoms with Crippen LogP contribution in [-0.4, -0.2) is 36.2 Å². The van der Waals surface area contributed by atoms with Crippen molar-refractivity contribution in [1.29, 1.82) is 0 Å². The van der Waals surface area contributed by atoms with E-state index in [9.17, 15) is 9.59 Å². The number of hydrogen-bond donors (Lipinski definition) is 2. The molecule has 1 aromatic carbocycles. The summed E-state index contributed by atoms with van der Waals surface area (Å²) in [5, 5.41) is 12.1. The zero-order valence-corrected chi connectivity index (χ0v) is 13.4. The molecule has 0 aliphatic heterocycles. The summed E-state index contributed by atoms with van der Waals surface area (Å²) in [6, 6.07) is 4.75. The summed E-state index contributed by atoms with van der Waals surface area (Å²) in [4.78, 5) is 23.1. The van der Waals surface area contributed by atoms with Crippen LogP contribution in [0.4, 0.5) is 0 Å². The molecule has 0 bridgehead atoms. The topological polar surface area (TPSA) is 75.6 Å². The summed E-state index contributed by atoms with van der Waals surface area (Å²) < 4.78 is 5.52. The van der Waals surface area contributed by atoms with Crippen LogP contribution < -0.4 is 5.32 Å². The minimum absolute atomic E-state index is 0.0935. The van der Waals surface area contributed by atoms with Gasteiger partial charge in [-0.25, -0.2) is 0 Å². The number of benzene rings is 1. The van der Waals surface area contributed by atoms with Gasteiger partial charge in [0.1, 0.15) is 0 Å². The molecular weight excluding hydrogens is 350 g/mol. The Labute approximate surface area is 130 Å². The SMILES string of the molecule is COCC(C)(CC(=O)O)NC(=O)c1ccc(Cl)cc1Br. The van der Waals surface area contributed by atoms with Crippen molar-refractivity contribution in [3.05, 3.63) is 33.3 Å². The van der Waals surface area contributed by atoms with Crippen molar-refractivity contribution >= 4 is 39.4 Å². The molecule has 1 unspecified atom stereocenters. The Bertz CT molecular complexity index is 523. The van der Waals surface area contributed by atoms with E-state index in [1.807, 2.05) is 0 Å². The Balaban J connectivity index is 2.93.